The van der Waals surface area contributed by atoms with Crippen LogP contribution in [0.25, 0.3) is 11.6 Å². The number of ether oxygens (including phenoxy) is 1. The molecule has 5 rings (SSSR count). The molecule has 0 saturated carbocycles. The SMILES string of the molecule is O=C1COCc2cc(C=CC(=O)N3CC4C=C(c5nccs5)CC4C3)cnc2N1. The standard InChI is InChI=1S/C21H20N4O3S/c26-18-12-28-11-17-5-13(8-23-20(17)24-18)1-2-19(27)25-9-15-6-14(7-16(15)10-25)21-22-3-4-29-21/h1-6,8,15-16H,7,9-12H2,(H,23,24,26). The number of rotatable bonds is 3. The van der Waals surface area contributed by atoms with Crippen LogP contribution in [0.4, 0.5) is 5.82 Å². The molecule has 7 nitrogen and oxygen atoms in total. The van der Waals surface area contributed by atoms with Crippen molar-refractivity contribution in [3.63, 3.8) is 0 Å². The highest BCUT2D eigenvalue weighted by Gasteiger charge is 2.38. The number of anilines is 1. The van der Waals surface area contributed by atoms with Gasteiger partial charge in [0.25, 0.3) is 5.91 Å². The van der Waals surface area contributed by atoms with E-state index in [2.05, 4.69) is 21.4 Å². The number of amides is 2. The van der Waals surface area contributed by atoms with E-state index < -0.39 is 0 Å². The summed E-state index contributed by atoms with van der Waals surface area (Å²) in [6, 6.07) is 1.89. The predicted octanol–water partition coefficient (Wildman–Crippen LogP) is 2.58. The summed E-state index contributed by atoms with van der Waals surface area (Å²) in [4.78, 5) is 34.8. The molecule has 4 heterocycles. The quantitative estimate of drug-likeness (QED) is 0.789. The van der Waals surface area contributed by atoms with Crippen molar-refractivity contribution in [2.45, 2.75) is 13.0 Å². The van der Waals surface area contributed by atoms with Gasteiger partial charge in [-0.25, -0.2) is 9.97 Å². The van der Waals surface area contributed by atoms with Crippen LogP contribution >= 0.6 is 11.3 Å². The summed E-state index contributed by atoms with van der Waals surface area (Å²) in [5.41, 5.74) is 2.94. The largest absolute Gasteiger partial charge is 0.367 e. The molecular weight excluding hydrogens is 388 g/mol. The smallest absolute Gasteiger partial charge is 0.251 e. The fraction of sp³-hybridized carbons (Fsp3) is 0.333. The monoisotopic (exact) mass is 408 g/mol. The number of allylic oxidation sites excluding steroid dienone is 1. The summed E-state index contributed by atoms with van der Waals surface area (Å²) in [7, 11) is 0. The molecule has 1 saturated heterocycles. The Kier molecular flexibility index (Phi) is 4.73. The summed E-state index contributed by atoms with van der Waals surface area (Å²) in [6.07, 6.45) is 10.2. The molecule has 2 amide bonds. The summed E-state index contributed by atoms with van der Waals surface area (Å²) in [6.45, 7) is 1.88. The van der Waals surface area contributed by atoms with Gasteiger partial charge in [0.05, 0.1) is 6.61 Å². The number of hydrogen-bond acceptors (Lipinski definition) is 6. The number of pyridine rings is 1. The van der Waals surface area contributed by atoms with Crippen LogP contribution in [0.2, 0.25) is 0 Å². The lowest BCUT2D eigenvalue weighted by Crippen LogP contribution is -2.27. The van der Waals surface area contributed by atoms with Crippen LogP contribution in [-0.2, 0) is 20.9 Å². The van der Waals surface area contributed by atoms with Gasteiger partial charge in [-0.1, -0.05) is 6.08 Å². The molecular formula is C21H20N4O3S. The molecule has 2 aliphatic heterocycles. The second-order valence-corrected chi connectivity index (χ2v) is 8.45. The van der Waals surface area contributed by atoms with Crippen molar-refractivity contribution in [2.24, 2.45) is 11.8 Å². The van der Waals surface area contributed by atoms with E-state index in [-0.39, 0.29) is 18.4 Å². The highest BCUT2D eigenvalue weighted by molar-refractivity contribution is 7.10. The summed E-state index contributed by atoms with van der Waals surface area (Å²) >= 11 is 1.67. The molecule has 2 atom stereocenters. The van der Waals surface area contributed by atoms with Crippen molar-refractivity contribution in [1.82, 2.24) is 14.9 Å². The first-order valence-corrected chi connectivity index (χ1v) is 10.5. The summed E-state index contributed by atoms with van der Waals surface area (Å²) in [5, 5.41) is 5.82. The Morgan fingerprint density at radius 2 is 2.24 bits per heavy atom. The van der Waals surface area contributed by atoms with Crippen LogP contribution in [0.15, 0.2) is 36.0 Å². The molecule has 1 fully saturated rings. The first kappa shape index (κ1) is 18.2. The van der Waals surface area contributed by atoms with Crippen LogP contribution in [0.5, 0.6) is 0 Å². The number of fused-ring (bicyclic) bond motifs is 2. The van der Waals surface area contributed by atoms with Crippen molar-refractivity contribution >= 4 is 40.6 Å². The van der Waals surface area contributed by atoms with Crippen molar-refractivity contribution < 1.29 is 14.3 Å². The molecule has 0 spiro atoms. The molecule has 1 aliphatic carbocycles. The molecule has 8 heteroatoms. The Bertz CT molecular complexity index is 1010. The molecule has 0 radical (unpaired) electrons. The van der Waals surface area contributed by atoms with Crippen LogP contribution in [0, 0.1) is 11.8 Å². The van der Waals surface area contributed by atoms with Gasteiger partial charge in [-0.05, 0) is 41.5 Å². The van der Waals surface area contributed by atoms with Gasteiger partial charge in [0, 0.05) is 42.5 Å². The lowest BCUT2D eigenvalue weighted by atomic mass is 10.00. The third-order valence-corrected chi connectivity index (χ3v) is 6.41. The fourth-order valence-corrected chi connectivity index (χ4v) is 4.84. The molecule has 3 aliphatic rings. The molecule has 0 bridgehead atoms. The number of nitrogens with zero attached hydrogens (tertiary/aromatic N) is 3. The van der Waals surface area contributed by atoms with E-state index >= 15 is 0 Å². The molecule has 148 valence electrons. The number of carbonyl (C=O) groups excluding carboxylic acids is 2. The van der Waals surface area contributed by atoms with E-state index in [1.807, 2.05) is 22.5 Å². The topological polar surface area (TPSA) is 84.4 Å². The summed E-state index contributed by atoms with van der Waals surface area (Å²) in [5.74, 6) is 1.23. The van der Waals surface area contributed by atoms with Crippen molar-refractivity contribution in [2.75, 3.05) is 25.0 Å². The van der Waals surface area contributed by atoms with Crippen LogP contribution in [0.3, 0.4) is 0 Å². The molecule has 2 aromatic rings. The zero-order chi connectivity index (χ0) is 19.8. The number of carbonyl (C=O) groups is 2. The van der Waals surface area contributed by atoms with Gasteiger partial charge in [0.15, 0.2) is 0 Å². The van der Waals surface area contributed by atoms with Gasteiger partial charge < -0.3 is 15.0 Å². The third-order valence-electron chi connectivity index (χ3n) is 5.56. The maximum absolute atomic E-state index is 12.7. The minimum Gasteiger partial charge on any atom is -0.367 e. The summed E-state index contributed by atoms with van der Waals surface area (Å²) < 4.78 is 5.31. The Morgan fingerprint density at radius 3 is 3.07 bits per heavy atom. The van der Waals surface area contributed by atoms with Gasteiger partial charge >= 0.3 is 0 Å². The predicted molar refractivity (Wildman–Crippen MR) is 110 cm³/mol. The van der Waals surface area contributed by atoms with Gasteiger partial charge in [-0.15, -0.1) is 11.3 Å². The lowest BCUT2D eigenvalue weighted by molar-refractivity contribution is -0.125. The molecule has 2 aromatic heterocycles. The molecule has 1 N–H and O–H groups in total. The van der Waals surface area contributed by atoms with Crippen molar-refractivity contribution in [1.29, 1.82) is 0 Å². The maximum atomic E-state index is 12.7. The van der Waals surface area contributed by atoms with Crippen LogP contribution in [-0.4, -0.2) is 46.4 Å². The van der Waals surface area contributed by atoms with Gasteiger partial charge in [-0.3, -0.25) is 9.59 Å². The van der Waals surface area contributed by atoms with Crippen molar-refractivity contribution in [3.8, 4) is 0 Å². The second kappa shape index (κ2) is 7.53. The van der Waals surface area contributed by atoms with E-state index in [1.54, 1.807) is 29.7 Å². The van der Waals surface area contributed by atoms with Crippen LogP contribution < -0.4 is 5.32 Å². The Labute approximate surface area is 172 Å². The number of thiazole rings is 1. The van der Waals surface area contributed by atoms with Gasteiger partial charge in [0.2, 0.25) is 5.91 Å². The van der Waals surface area contributed by atoms with E-state index in [0.717, 1.165) is 35.6 Å². The number of hydrogen-bond donors (Lipinski definition) is 1. The Morgan fingerprint density at radius 1 is 1.31 bits per heavy atom. The highest BCUT2D eigenvalue weighted by atomic mass is 32.1. The average Bonchev–Trinajstić information content (AvgIpc) is 3.41. The maximum Gasteiger partial charge on any atom is 0.251 e. The minimum absolute atomic E-state index is 0.0168. The number of aromatic nitrogens is 2. The third kappa shape index (κ3) is 3.73. The van der Waals surface area contributed by atoms with E-state index in [0.29, 0.717) is 24.3 Å². The van der Waals surface area contributed by atoms with E-state index in [1.165, 1.54) is 5.57 Å². The number of likely N-dealkylation sites (tertiary alicyclic amines) is 1. The normalized spacial score (nSPS) is 23.5. The molecule has 0 aromatic carbocycles. The zero-order valence-electron chi connectivity index (χ0n) is 15.7. The minimum atomic E-state index is -0.207. The zero-order valence-corrected chi connectivity index (χ0v) is 16.5. The van der Waals surface area contributed by atoms with E-state index in [9.17, 15) is 9.59 Å². The van der Waals surface area contributed by atoms with Gasteiger partial charge in [-0.2, -0.15) is 0 Å². The Hall–Kier alpha value is -2.84. The second-order valence-electron chi connectivity index (χ2n) is 7.55. The van der Waals surface area contributed by atoms with Gasteiger partial charge in [0.1, 0.15) is 17.4 Å². The van der Waals surface area contributed by atoms with E-state index in [4.69, 9.17) is 4.74 Å². The van der Waals surface area contributed by atoms with Crippen molar-refractivity contribution in [3.05, 3.63) is 52.1 Å². The lowest BCUT2D eigenvalue weighted by Gasteiger charge is -2.15. The first-order chi connectivity index (χ1) is 14.2. The molecule has 2 unspecified atom stereocenters. The fourth-order valence-electron chi connectivity index (χ4n) is 4.17. The highest BCUT2D eigenvalue weighted by Crippen LogP contribution is 2.41. The number of nitrogens with one attached hydrogen (secondary N) is 1. The molecule has 29 heavy (non-hydrogen) atoms. The Balaban J connectivity index is 1.23. The first-order valence-electron chi connectivity index (χ1n) is 9.60. The van der Waals surface area contributed by atoms with Crippen LogP contribution in [0.1, 0.15) is 22.6 Å². The average molecular weight is 408 g/mol.